The molecule has 112 valence electrons. The van der Waals surface area contributed by atoms with Crippen LogP contribution in [0.2, 0.25) is 0 Å². The molecule has 0 aliphatic heterocycles. The average Bonchev–Trinajstić information content (AvgIpc) is 2.86. The highest BCUT2D eigenvalue weighted by Gasteiger charge is 2.22. The number of nitrogens with zero attached hydrogens (tertiary/aromatic N) is 2. The lowest BCUT2D eigenvalue weighted by Gasteiger charge is -2.27. The Balaban J connectivity index is 2.27. The summed E-state index contributed by atoms with van der Waals surface area (Å²) >= 11 is 0. The minimum absolute atomic E-state index is 0.0207. The number of carbonyl (C=O) groups is 1. The van der Waals surface area contributed by atoms with Gasteiger partial charge in [-0.05, 0) is 32.4 Å². The summed E-state index contributed by atoms with van der Waals surface area (Å²) < 4.78 is 1.90. The van der Waals surface area contributed by atoms with Crippen molar-refractivity contribution in [3.8, 4) is 0 Å². The van der Waals surface area contributed by atoms with Crippen LogP contribution >= 0.6 is 0 Å². The molecule has 0 aliphatic rings. The van der Waals surface area contributed by atoms with E-state index in [4.69, 9.17) is 5.73 Å². The molecule has 1 amide bonds. The van der Waals surface area contributed by atoms with Gasteiger partial charge in [-0.3, -0.25) is 4.79 Å². The Bertz CT molecular complexity index is 602. The second-order valence-corrected chi connectivity index (χ2v) is 5.46. The minimum atomic E-state index is 0.0207. The largest absolute Gasteiger partial charge is 0.397 e. The number of benzene rings is 1. The van der Waals surface area contributed by atoms with Crippen molar-refractivity contribution in [2.45, 2.75) is 39.9 Å². The van der Waals surface area contributed by atoms with Crippen molar-refractivity contribution in [2.75, 3.05) is 5.73 Å². The SMILES string of the molecule is CCn1cc(N)cc1C(=O)N(Cc1ccccc1)C(C)C. The molecule has 0 bridgehead atoms. The highest BCUT2D eigenvalue weighted by Crippen LogP contribution is 2.17. The van der Waals surface area contributed by atoms with Crippen molar-refractivity contribution >= 4 is 11.6 Å². The number of rotatable bonds is 5. The molecule has 1 heterocycles. The zero-order valence-corrected chi connectivity index (χ0v) is 12.9. The van der Waals surface area contributed by atoms with Crippen molar-refractivity contribution in [3.05, 3.63) is 53.9 Å². The van der Waals surface area contributed by atoms with Gasteiger partial charge in [0, 0.05) is 25.3 Å². The fourth-order valence-corrected chi connectivity index (χ4v) is 2.39. The van der Waals surface area contributed by atoms with Crippen molar-refractivity contribution in [1.29, 1.82) is 0 Å². The molecule has 2 N–H and O–H groups in total. The molecule has 1 aromatic carbocycles. The lowest BCUT2D eigenvalue weighted by molar-refractivity contribution is 0.0679. The molecule has 0 spiro atoms. The number of hydrogen-bond donors (Lipinski definition) is 1. The van der Waals surface area contributed by atoms with Crippen LogP contribution in [0.25, 0.3) is 0 Å². The molecule has 4 heteroatoms. The molecule has 0 atom stereocenters. The van der Waals surface area contributed by atoms with E-state index in [0.29, 0.717) is 17.9 Å². The van der Waals surface area contributed by atoms with Gasteiger partial charge in [-0.15, -0.1) is 0 Å². The Hall–Kier alpha value is -2.23. The van der Waals surface area contributed by atoms with Gasteiger partial charge in [-0.25, -0.2) is 0 Å². The molecule has 0 saturated carbocycles. The molecule has 0 fully saturated rings. The topological polar surface area (TPSA) is 51.3 Å². The number of nitrogen functional groups attached to an aromatic ring is 1. The molecule has 2 rings (SSSR count). The van der Waals surface area contributed by atoms with E-state index in [-0.39, 0.29) is 11.9 Å². The van der Waals surface area contributed by atoms with Crippen LogP contribution in [0.4, 0.5) is 5.69 Å². The standard InChI is InChI=1S/C17H23N3O/c1-4-19-12-15(18)10-16(19)17(21)20(13(2)3)11-14-8-6-5-7-9-14/h5-10,12-13H,4,11,18H2,1-3H3. The Morgan fingerprint density at radius 3 is 2.52 bits per heavy atom. The third kappa shape index (κ3) is 3.45. The van der Waals surface area contributed by atoms with Crippen molar-refractivity contribution in [1.82, 2.24) is 9.47 Å². The van der Waals surface area contributed by atoms with Crippen LogP contribution in [0.15, 0.2) is 42.6 Å². The normalized spacial score (nSPS) is 10.9. The third-order valence-corrected chi connectivity index (χ3v) is 3.56. The van der Waals surface area contributed by atoms with Gasteiger partial charge in [0.1, 0.15) is 5.69 Å². The van der Waals surface area contributed by atoms with Gasteiger partial charge >= 0.3 is 0 Å². The number of aromatic nitrogens is 1. The Morgan fingerprint density at radius 1 is 1.29 bits per heavy atom. The first-order chi connectivity index (χ1) is 10.0. The maximum Gasteiger partial charge on any atom is 0.271 e. The van der Waals surface area contributed by atoms with Gasteiger partial charge in [0.25, 0.3) is 5.91 Å². The molecule has 4 nitrogen and oxygen atoms in total. The molecule has 2 aromatic rings. The van der Waals surface area contributed by atoms with Gasteiger partial charge in [-0.1, -0.05) is 30.3 Å². The van der Waals surface area contributed by atoms with Gasteiger partial charge in [0.15, 0.2) is 0 Å². The summed E-state index contributed by atoms with van der Waals surface area (Å²) in [6.07, 6.45) is 1.81. The van der Waals surface area contributed by atoms with E-state index in [1.165, 1.54) is 0 Å². The molecule has 0 unspecified atom stereocenters. The van der Waals surface area contributed by atoms with Gasteiger partial charge in [-0.2, -0.15) is 0 Å². The van der Waals surface area contributed by atoms with Crippen LogP contribution in [0, 0.1) is 0 Å². The molecule has 0 aliphatic carbocycles. The predicted molar refractivity (Wildman–Crippen MR) is 86.0 cm³/mol. The summed E-state index contributed by atoms with van der Waals surface area (Å²) in [5.41, 5.74) is 8.24. The van der Waals surface area contributed by atoms with Crippen molar-refractivity contribution < 1.29 is 4.79 Å². The first kappa shape index (κ1) is 15.2. The highest BCUT2D eigenvalue weighted by atomic mass is 16.2. The molecule has 0 radical (unpaired) electrons. The van der Waals surface area contributed by atoms with E-state index in [1.807, 2.05) is 66.8 Å². The zero-order valence-electron chi connectivity index (χ0n) is 12.9. The Kier molecular flexibility index (Phi) is 4.68. The number of amides is 1. The summed E-state index contributed by atoms with van der Waals surface area (Å²) in [4.78, 5) is 14.7. The molecular weight excluding hydrogens is 262 g/mol. The van der Waals surface area contributed by atoms with Crippen molar-refractivity contribution in [3.63, 3.8) is 0 Å². The lowest BCUT2D eigenvalue weighted by atomic mass is 10.1. The molecule has 0 saturated heterocycles. The highest BCUT2D eigenvalue weighted by molar-refractivity contribution is 5.94. The summed E-state index contributed by atoms with van der Waals surface area (Å²) in [6.45, 7) is 7.40. The second kappa shape index (κ2) is 6.48. The fraction of sp³-hybridized carbons (Fsp3) is 0.353. The van der Waals surface area contributed by atoms with Crippen LogP contribution in [-0.4, -0.2) is 21.4 Å². The fourth-order valence-electron chi connectivity index (χ4n) is 2.39. The summed E-state index contributed by atoms with van der Waals surface area (Å²) in [5, 5.41) is 0. The summed E-state index contributed by atoms with van der Waals surface area (Å²) in [7, 11) is 0. The Morgan fingerprint density at radius 2 is 1.95 bits per heavy atom. The van der Waals surface area contributed by atoms with Crippen LogP contribution in [0.1, 0.15) is 36.8 Å². The van der Waals surface area contributed by atoms with Gasteiger partial charge in [0.05, 0.1) is 5.69 Å². The monoisotopic (exact) mass is 285 g/mol. The van der Waals surface area contributed by atoms with E-state index in [2.05, 4.69) is 0 Å². The number of anilines is 1. The molecular formula is C17H23N3O. The second-order valence-electron chi connectivity index (χ2n) is 5.46. The smallest absolute Gasteiger partial charge is 0.271 e. The lowest BCUT2D eigenvalue weighted by Crippen LogP contribution is -2.37. The third-order valence-electron chi connectivity index (χ3n) is 3.56. The maximum atomic E-state index is 12.8. The first-order valence-corrected chi connectivity index (χ1v) is 7.33. The van der Waals surface area contributed by atoms with Crippen LogP contribution in [-0.2, 0) is 13.1 Å². The van der Waals surface area contributed by atoms with Gasteiger partial charge < -0.3 is 15.2 Å². The zero-order chi connectivity index (χ0) is 15.4. The van der Waals surface area contributed by atoms with E-state index in [1.54, 1.807) is 6.07 Å². The number of aryl methyl sites for hydroxylation is 1. The van der Waals surface area contributed by atoms with E-state index in [0.717, 1.165) is 12.1 Å². The summed E-state index contributed by atoms with van der Waals surface area (Å²) in [6, 6.07) is 11.9. The van der Waals surface area contributed by atoms with Gasteiger partial charge in [0.2, 0.25) is 0 Å². The van der Waals surface area contributed by atoms with Crippen LogP contribution in [0.3, 0.4) is 0 Å². The van der Waals surface area contributed by atoms with Crippen molar-refractivity contribution in [2.24, 2.45) is 0 Å². The number of hydrogen-bond acceptors (Lipinski definition) is 2. The van der Waals surface area contributed by atoms with E-state index >= 15 is 0 Å². The van der Waals surface area contributed by atoms with Crippen LogP contribution < -0.4 is 5.73 Å². The summed E-state index contributed by atoms with van der Waals surface area (Å²) in [5.74, 6) is 0.0207. The quantitative estimate of drug-likeness (QED) is 0.917. The number of carbonyl (C=O) groups excluding carboxylic acids is 1. The van der Waals surface area contributed by atoms with Crippen LogP contribution in [0.5, 0.6) is 0 Å². The first-order valence-electron chi connectivity index (χ1n) is 7.33. The molecule has 21 heavy (non-hydrogen) atoms. The minimum Gasteiger partial charge on any atom is -0.397 e. The number of nitrogens with two attached hydrogens (primary N) is 1. The maximum absolute atomic E-state index is 12.8. The molecule has 1 aromatic heterocycles. The van der Waals surface area contributed by atoms with E-state index < -0.39 is 0 Å². The Labute approximate surface area is 126 Å². The predicted octanol–water partition coefficient (Wildman–Crippen LogP) is 3.14. The van der Waals surface area contributed by atoms with E-state index in [9.17, 15) is 4.79 Å². The average molecular weight is 285 g/mol.